The molecule has 3 aromatic rings. The lowest BCUT2D eigenvalue weighted by Gasteiger charge is -2.04. The number of hydrogen-bond donors (Lipinski definition) is 0. The highest BCUT2D eigenvalue weighted by Crippen LogP contribution is 2.24. The maximum absolute atomic E-state index is 14.4. The van der Waals surface area contributed by atoms with E-state index in [1.165, 1.54) is 12.1 Å². The van der Waals surface area contributed by atoms with Gasteiger partial charge in [-0.15, -0.1) is 0 Å². The van der Waals surface area contributed by atoms with Gasteiger partial charge in [-0.25, -0.2) is 8.78 Å². The van der Waals surface area contributed by atoms with Crippen LogP contribution in [0.15, 0.2) is 59.6 Å². The third kappa shape index (κ3) is 4.35. The van der Waals surface area contributed by atoms with Crippen molar-refractivity contribution in [2.24, 2.45) is 4.99 Å². The van der Waals surface area contributed by atoms with Gasteiger partial charge in [-0.1, -0.05) is 47.7 Å². The van der Waals surface area contributed by atoms with E-state index in [1.807, 2.05) is 37.3 Å². The summed E-state index contributed by atoms with van der Waals surface area (Å²) in [5.41, 5.74) is 4.29. The van der Waals surface area contributed by atoms with E-state index in [1.54, 1.807) is 19.1 Å². The summed E-state index contributed by atoms with van der Waals surface area (Å²) in [5, 5.41) is 2.15. The Morgan fingerprint density at radius 1 is 0.815 bits per heavy atom. The monoisotopic (exact) mass is 375 g/mol. The fraction of sp³-hybridized carbons (Fsp3) is 0.0870. The SMILES string of the molecule is Cc1ccc(-c2ccc(C#Cc3cc(C)c(N=C=S)c(F)c3)c(F)c2)cc1. The maximum Gasteiger partial charge on any atom is 0.151 e. The standard InChI is InChI=1S/C23H15F2NS/c1-15-3-6-18(7-4-15)20-10-9-19(21(24)13-20)8-5-17-11-16(2)23(26-14-27)22(25)12-17/h3-4,6-7,9-13H,1-2H3. The van der Waals surface area contributed by atoms with Gasteiger partial charge < -0.3 is 0 Å². The number of benzene rings is 3. The average molecular weight is 375 g/mol. The van der Waals surface area contributed by atoms with Crippen LogP contribution in [0.25, 0.3) is 11.1 Å². The van der Waals surface area contributed by atoms with Crippen LogP contribution >= 0.6 is 12.2 Å². The molecule has 0 amide bonds. The molecule has 132 valence electrons. The van der Waals surface area contributed by atoms with E-state index in [-0.39, 0.29) is 11.3 Å². The topological polar surface area (TPSA) is 12.4 Å². The summed E-state index contributed by atoms with van der Waals surface area (Å²) >= 11 is 4.51. The van der Waals surface area contributed by atoms with E-state index in [2.05, 4.69) is 34.2 Å². The number of isothiocyanates is 1. The van der Waals surface area contributed by atoms with Gasteiger partial charge in [0.1, 0.15) is 11.5 Å². The first-order chi connectivity index (χ1) is 13.0. The molecule has 0 fully saturated rings. The van der Waals surface area contributed by atoms with Gasteiger partial charge in [0.05, 0.1) is 10.7 Å². The fourth-order valence-corrected chi connectivity index (χ4v) is 2.77. The summed E-state index contributed by atoms with van der Waals surface area (Å²) in [7, 11) is 0. The highest BCUT2D eigenvalue weighted by atomic mass is 32.1. The second-order valence-corrected chi connectivity index (χ2v) is 6.32. The van der Waals surface area contributed by atoms with Crippen LogP contribution in [0.5, 0.6) is 0 Å². The molecule has 0 N–H and O–H groups in total. The first-order valence-corrected chi connectivity index (χ1v) is 8.65. The van der Waals surface area contributed by atoms with E-state index in [0.29, 0.717) is 11.1 Å². The van der Waals surface area contributed by atoms with Gasteiger partial charge >= 0.3 is 0 Å². The Morgan fingerprint density at radius 3 is 2.15 bits per heavy atom. The molecule has 0 aliphatic rings. The predicted octanol–water partition coefficient (Wildman–Crippen LogP) is 6.38. The molecule has 1 nitrogen and oxygen atoms in total. The van der Waals surface area contributed by atoms with Crippen LogP contribution in [0.3, 0.4) is 0 Å². The molecule has 0 aliphatic heterocycles. The maximum atomic E-state index is 14.4. The van der Waals surface area contributed by atoms with Gasteiger partial charge in [0.2, 0.25) is 0 Å². The second kappa shape index (κ2) is 8.05. The summed E-state index contributed by atoms with van der Waals surface area (Å²) in [6.45, 7) is 3.71. The van der Waals surface area contributed by atoms with Crippen LogP contribution in [0, 0.1) is 37.3 Å². The first kappa shape index (κ1) is 18.7. The Bertz CT molecular complexity index is 1090. The number of thiocarbonyl (C=S) groups is 1. The summed E-state index contributed by atoms with van der Waals surface area (Å²) in [6.07, 6.45) is 0. The number of aliphatic imine (C=N–C) groups is 1. The Hall–Kier alpha value is -3.12. The molecule has 0 atom stereocenters. The Morgan fingerprint density at radius 2 is 1.52 bits per heavy atom. The van der Waals surface area contributed by atoms with E-state index in [9.17, 15) is 8.78 Å². The molecule has 4 heteroatoms. The van der Waals surface area contributed by atoms with E-state index in [4.69, 9.17) is 0 Å². The molecule has 0 saturated heterocycles. The molecule has 0 bridgehead atoms. The van der Waals surface area contributed by atoms with Gasteiger partial charge in [-0.3, -0.25) is 0 Å². The summed E-state index contributed by atoms with van der Waals surface area (Å²) in [6, 6.07) is 15.7. The predicted molar refractivity (Wildman–Crippen MR) is 108 cm³/mol. The molecule has 0 radical (unpaired) electrons. The zero-order chi connectivity index (χ0) is 19.4. The molecule has 0 heterocycles. The minimum atomic E-state index is -0.535. The van der Waals surface area contributed by atoms with Crippen molar-refractivity contribution < 1.29 is 8.78 Å². The summed E-state index contributed by atoms with van der Waals surface area (Å²) in [4.78, 5) is 3.70. The zero-order valence-corrected chi connectivity index (χ0v) is 15.6. The van der Waals surface area contributed by atoms with Crippen molar-refractivity contribution >= 4 is 23.1 Å². The minimum absolute atomic E-state index is 0.143. The van der Waals surface area contributed by atoms with Crippen molar-refractivity contribution in [1.82, 2.24) is 0 Å². The van der Waals surface area contributed by atoms with Crippen LogP contribution in [-0.4, -0.2) is 5.16 Å². The van der Waals surface area contributed by atoms with Crippen molar-refractivity contribution in [1.29, 1.82) is 0 Å². The molecule has 0 unspecified atom stereocenters. The largest absolute Gasteiger partial charge is 0.206 e. The van der Waals surface area contributed by atoms with Gasteiger partial charge in [0.15, 0.2) is 5.82 Å². The van der Waals surface area contributed by atoms with E-state index >= 15 is 0 Å². The summed E-state index contributed by atoms with van der Waals surface area (Å²) < 4.78 is 28.5. The number of halogens is 2. The zero-order valence-electron chi connectivity index (χ0n) is 14.8. The third-order valence-corrected chi connectivity index (χ3v) is 4.20. The normalized spacial score (nSPS) is 9.93. The number of hydrogen-bond acceptors (Lipinski definition) is 2. The quantitative estimate of drug-likeness (QED) is 0.287. The molecular weight excluding hydrogens is 360 g/mol. The third-order valence-electron chi connectivity index (χ3n) is 4.11. The van der Waals surface area contributed by atoms with Crippen molar-refractivity contribution in [2.75, 3.05) is 0 Å². The number of aryl methyl sites for hydroxylation is 2. The minimum Gasteiger partial charge on any atom is -0.206 e. The lowest BCUT2D eigenvalue weighted by Crippen LogP contribution is -1.88. The Balaban J connectivity index is 1.91. The van der Waals surface area contributed by atoms with E-state index < -0.39 is 11.6 Å². The van der Waals surface area contributed by atoms with Crippen LogP contribution in [0.2, 0.25) is 0 Å². The van der Waals surface area contributed by atoms with Crippen LogP contribution in [0.4, 0.5) is 14.5 Å². The number of rotatable bonds is 2. The van der Waals surface area contributed by atoms with Gasteiger partial charge in [-0.2, -0.15) is 4.99 Å². The molecule has 0 aromatic heterocycles. The Kier molecular flexibility index (Phi) is 5.57. The van der Waals surface area contributed by atoms with Crippen molar-refractivity contribution in [3.63, 3.8) is 0 Å². The van der Waals surface area contributed by atoms with Crippen LogP contribution < -0.4 is 0 Å². The van der Waals surface area contributed by atoms with E-state index in [0.717, 1.165) is 16.7 Å². The van der Waals surface area contributed by atoms with Crippen molar-refractivity contribution in [3.8, 4) is 23.0 Å². The van der Waals surface area contributed by atoms with Gasteiger partial charge in [0, 0.05) is 5.56 Å². The van der Waals surface area contributed by atoms with Crippen molar-refractivity contribution in [2.45, 2.75) is 13.8 Å². The first-order valence-electron chi connectivity index (χ1n) is 8.24. The van der Waals surface area contributed by atoms with Crippen LogP contribution in [0.1, 0.15) is 22.3 Å². The molecule has 27 heavy (non-hydrogen) atoms. The lowest BCUT2D eigenvalue weighted by molar-refractivity contribution is 0.625. The highest BCUT2D eigenvalue weighted by Gasteiger charge is 2.07. The smallest absolute Gasteiger partial charge is 0.151 e. The molecular formula is C23H15F2NS. The summed E-state index contributed by atoms with van der Waals surface area (Å²) in [5.74, 6) is 4.61. The highest BCUT2D eigenvalue weighted by molar-refractivity contribution is 7.78. The number of nitrogens with zero attached hydrogens (tertiary/aromatic N) is 1. The van der Waals surface area contributed by atoms with Gasteiger partial charge in [0.25, 0.3) is 0 Å². The average Bonchev–Trinajstić information content (AvgIpc) is 2.64. The van der Waals surface area contributed by atoms with Gasteiger partial charge in [-0.05, 0) is 67.0 Å². The molecule has 3 rings (SSSR count). The molecule has 0 spiro atoms. The Labute approximate surface area is 162 Å². The lowest BCUT2D eigenvalue weighted by atomic mass is 10.0. The fourth-order valence-electron chi connectivity index (χ4n) is 2.68. The van der Waals surface area contributed by atoms with Crippen molar-refractivity contribution in [3.05, 3.63) is 88.5 Å². The molecule has 0 saturated carbocycles. The van der Waals surface area contributed by atoms with Crippen LogP contribution in [-0.2, 0) is 0 Å². The second-order valence-electron chi connectivity index (χ2n) is 6.14. The molecule has 3 aromatic carbocycles. The molecule has 0 aliphatic carbocycles.